The van der Waals surface area contributed by atoms with Crippen LogP contribution < -0.4 is 5.73 Å². The van der Waals surface area contributed by atoms with Crippen molar-refractivity contribution >= 4 is 17.7 Å². The first-order valence-corrected chi connectivity index (χ1v) is 7.74. The lowest BCUT2D eigenvalue weighted by Gasteiger charge is -2.42. The fraction of sp³-hybridized carbons (Fsp3) is 0.923. The Morgan fingerprint density at radius 1 is 1.33 bits per heavy atom. The van der Waals surface area contributed by atoms with Gasteiger partial charge in [0.15, 0.2) is 0 Å². The van der Waals surface area contributed by atoms with Crippen molar-refractivity contribution < 1.29 is 9.53 Å². The third-order valence-electron chi connectivity index (χ3n) is 4.00. The monoisotopic (exact) mass is 272 g/mol. The zero-order chi connectivity index (χ0) is 13.2. The van der Waals surface area contributed by atoms with Crippen LogP contribution in [0.2, 0.25) is 0 Å². The molecule has 2 aliphatic heterocycles. The first-order valence-electron chi connectivity index (χ1n) is 6.80. The highest BCUT2D eigenvalue weighted by Crippen LogP contribution is 2.34. The van der Waals surface area contributed by atoms with Gasteiger partial charge in [0.25, 0.3) is 0 Å². The van der Waals surface area contributed by atoms with Crippen LogP contribution >= 0.6 is 11.8 Å². The molecule has 0 aliphatic carbocycles. The zero-order valence-electron chi connectivity index (χ0n) is 11.4. The highest BCUT2D eigenvalue weighted by atomic mass is 32.2. The molecular formula is C13H24N2O2S. The van der Waals surface area contributed by atoms with Crippen LogP contribution in [-0.4, -0.2) is 54.2 Å². The van der Waals surface area contributed by atoms with E-state index in [1.165, 1.54) is 0 Å². The minimum absolute atomic E-state index is 0.257. The molecule has 0 bridgehead atoms. The summed E-state index contributed by atoms with van der Waals surface area (Å²) in [5, 5.41) is 1.04. The maximum absolute atomic E-state index is 12.8. The Kier molecular flexibility index (Phi) is 4.56. The molecule has 1 amide bonds. The maximum atomic E-state index is 12.8. The molecule has 0 aromatic carbocycles. The number of hydrogen-bond acceptors (Lipinski definition) is 4. The van der Waals surface area contributed by atoms with Crippen LogP contribution in [0.5, 0.6) is 0 Å². The van der Waals surface area contributed by atoms with E-state index in [1.807, 2.05) is 16.7 Å². The molecule has 2 heterocycles. The van der Waals surface area contributed by atoms with Crippen molar-refractivity contribution in [2.75, 3.05) is 32.8 Å². The molecule has 2 N–H and O–H groups in total. The van der Waals surface area contributed by atoms with Crippen molar-refractivity contribution in [2.24, 2.45) is 11.1 Å². The standard InChI is InChI=1S/C13H24N2O2S/c1-10-7-15(8-11(2)18-10)12(16)13(9-14)3-5-17-6-4-13/h10-11H,3-9,14H2,1-2H3. The van der Waals surface area contributed by atoms with E-state index in [9.17, 15) is 4.79 Å². The van der Waals surface area contributed by atoms with E-state index in [0.29, 0.717) is 30.3 Å². The number of carbonyl (C=O) groups excluding carboxylic acids is 1. The van der Waals surface area contributed by atoms with Crippen LogP contribution in [0.15, 0.2) is 0 Å². The summed E-state index contributed by atoms with van der Waals surface area (Å²) in [5.41, 5.74) is 5.55. The van der Waals surface area contributed by atoms with Gasteiger partial charge in [-0.25, -0.2) is 0 Å². The number of thioether (sulfide) groups is 1. The molecule has 2 saturated heterocycles. The number of nitrogens with two attached hydrogens (primary N) is 1. The third-order valence-corrected chi connectivity index (χ3v) is 5.23. The zero-order valence-corrected chi connectivity index (χ0v) is 12.2. The molecule has 104 valence electrons. The molecule has 2 unspecified atom stereocenters. The highest BCUT2D eigenvalue weighted by molar-refractivity contribution is 8.00. The topological polar surface area (TPSA) is 55.6 Å². The van der Waals surface area contributed by atoms with Crippen molar-refractivity contribution in [3.63, 3.8) is 0 Å². The van der Waals surface area contributed by atoms with Gasteiger partial charge < -0.3 is 15.4 Å². The summed E-state index contributed by atoms with van der Waals surface area (Å²) in [7, 11) is 0. The van der Waals surface area contributed by atoms with Gasteiger partial charge in [-0.3, -0.25) is 4.79 Å². The highest BCUT2D eigenvalue weighted by Gasteiger charge is 2.42. The molecule has 2 atom stereocenters. The number of carbonyl (C=O) groups is 1. The van der Waals surface area contributed by atoms with Gasteiger partial charge in [0, 0.05) is 43.3 Å². The Morgan fingerprint density at radius 3 is 2.39 bits per heavy atom. The molecule has 4 nitrogen and oxygen atoms in total. The summed E-state index contributed by atoms with van der Waals surface area (Å²) in [6.07, 6.45) is 1.55. The number of ether oxygens (including phenoxy) is 1. The summed E-state index contributed by atoms with van der Waals surface area (Å²) in [5.74, 6) is 0.257. The summed E-state index contributed by atoms with van der Waals surface area (Å²) in [6.45, 7) is 7.88. The SMILES string of the molecule is CC1CN(C(=O)C2(CN)CCOCC2)CC(C)S1. The molecule has 0 saturated carbocycles. The van der Waals surface area contributed by atoms with Crippen LogP contribution in [0.1, 0.15) is 26.7 Å². The summed E-state index contributed by atoms with van der Waals surface area (Å²) < 4.78 is 5.38. The Labute approximate surface area is 114 Å². The first-order chi connectivity index (χ1) is 8.57. The van der Waals surface area contributed by atoms with Crippen molar-refractivity contribution in [3.8, 4) is 0 Å². The molecule has 2 fully saturated rings. The van der Waals surface area contributed by atoms with Gasteiger partial charge in [-0.15, -0.1) is 0 Å². The van der Waals surface area contributed by atoms with E-state index < -0.39 is 0 Å². The molecule has 2 rings (SSSR count). The Bertz CT molecular complexity index is 295. The van der Waals surface area contributed by atoms with E-state index in [-0.39, 0.29) is 11.3 Å². The number of rotatable bonds is 2. The van der Waals surface area contributed by atoms with Gasteiger partial charge in [0.05, 0.1) is 5.41 Å². The Hall–Kier alpha value is -0.260. The lowest BCUT2D eigenvalue weighted by Crippen LogP contribution is -2.54. The number of nitrogens with zero attached hydrogens (tertiary/aromatic N) is 1. The van der Waals surface area contributed by atoms with Gasteiger partial charge in [-0.05, 0) is 12.8 Å². The Morgan fingerprint density at radius 2 is 1.89 bits per heavy atom. The molecule has 2 aliphatic rings. The molecule has 18 heavy (non-hydrogen) atoms. The second kappa shape index (κ2) is 5.80. The van der Waals surface area contributed by atoms with Gasteiger partial charge in [-0.2, -0.15) is 11.8 Å². The fourth-order valence-corrected chi connectivity index (χ4v) is 4.27. The van der Waals surface area contributed by atoms with Gasteiger partial charge >= 0.3 is 0 Å². The first kappa shape index (κ1) is 14.2. The van der Waals surface area contributed by atoms with Gasteiger partial charge in [0.2, 0.25) is 5.91 Å². The summed E-state index contributed by atoms with van der Waals surface area (Å²) in [6, 6.07) is 0. The number of amides is 1. The van der Waals surface area contributed by atoms with Crippen molar-refractivity contribution in [2.45, 2.75) is 37.2 Å². The van der Waals surface area contributed by atoms with Crippen LogP contribution in [-0.2, 0) is 9.53 Å². The normalized spacial score (nSPS) is 32.3. The van der Waals surface area contributed by atoms with E-state index in [2.05, 4.69) is 13.8 Å². The molecule has 0 spiro atoms. The molecule has 0 radical (unpaired) electrons. The van der Waals surface area contributed by atoms with E-state index in [1.54, 1.807) is 0 Å². The molecule has 0 aromatic heterocycles. The fourth-order valence-electron chi connectivity index (χ4n) is 2.95. The quantitative estimate of drug-likeness (QED) is 0.818. The molecule has 0 aromatic rings. The summed E-state index contributed by atoms with van der Waals surface area (Å²) in [4.78, 5) is 14.8. The third kappa shape index (κ3) is 2.83. The smallest absolute Gasteiger partial charge is 0.230 e. The van der Waals surface area contributed by atoms with E-state index in [0.717, 1.165) is 25.9 Å². The largest absolute Gasteiger partial charge is 0.381 e. The van der Waals surface area contributed by atoms with Gasteiger partial charge in [-0.1, -0.05) is 13.8 Å². The van der Waals surface area contributed by atoms with Crippen molar-refractivity contribution in [1.82, 2.24) is 4.90 Å². The van der Waals surface area contributed by atoms with Crippen LogP contribution in [0.3, 0.4) is 0 Å². The lowest BCUT2D eigenvalue weighted by atomic mass is 9.78. The lowest BCUT2D eigenvalue weighted by molar-refractivity contribution is -0.147. The van der Waals surface area contributed by atoms with Crippen LogP contribution in [0.25, 0.3) is 0 Å². The van der Waals surface area contributed by atoms with Gasteiger partial charge in [0.1, 0.15) is 0 Å². The predicted octanol–water partition coefficient (Wildman–Crippen LogP) is 1.09. The minimum atomic E-state index is -0.361. The molecular weight excluding hydrogens is 248 g/mol. The molecule has 5 heteroatoms. The predicted molar refractivity (Wildman–Crippen MR) is 74.6 cm³/mol. The van der Waals surface area contributed by atoms with Crippen LogP contribution in [0.4, 0.5) is 0 Å². The second-order valence-electron chi connectivity index (χ2n) is 5.56. The van der Waals surface area contributed by atoms with Crippen LogP contribution in [0, 0.1) is 5.41 Å². The summed E-state index contributed by atoms with van der Waals surface area (Å²) >= 11 is 1.97. The Balaban J connectivity index is 2.08. The van der Waals surface area contributed by atoms with Crippen molar-refractivity contribution in [3.05, 3.63) is 0 Å². The maximum Gasteiger partial charge on any atom is 0.230 e. The average Bonchev–Trinajstić information content (AvgIpc) is 2.37. The minimum Gasteiger partial charge on any atom is -0.381 e. The second-order valence-corrected chi connectivity index (χ2v) is 7.45. The average molecular weight is 272 g/mol. The number of hydrogen-bond donors (Lipinski definition) is 1. The van der Waals surface area contributed by atoms with E-state index >= 15 is 0 Å². The van der Waals surface area contributed by atoms with E-state index in [4.69, 9.17) is 10.5 Å². The van der Waals surface area contributed by atoms with Crippen molar-refractivity contribution in [1.29, 1.82) is 0 Å².